The summed E-state index contributed by atoms with van der Waals surface area (Å²) in [5.74, 6) is 0.155. The third-order valence-corrected chi connectivity index (χ3v) is 5.81. The summed E-state index contributed by atoms with van der Waals surface area (Å²) in [6.07, 6.45) is 7.37. The van der Waals surface area contributed by atoms with Gasteiger partial charge >= 0.3 is 0 Å². The first kappa shape index (κ1) is 18.5. The number of hydrogen-bond donors (Lipinski definition) is 1. The van der Waals surface area contributed by atoms with Crippen molar-refractivity contribution in [1.82, 2.24) is 24.6 Å². The molecular weight excluding hydrogens is 376 g/mol. The third-order valence-electron chi connectivity index (χ3n) is 5.81. The van der Waals surface area contributed by atoms with Gasteiger partial charge in [0.2, 0.25) is 5.91 Å². The minimum atomic E-state index is 0.155. The van der Waals surface area contributed by atoms with Gasteiger partial charge in [0.25, 0.3) is 0 Å². The van der Waals surface area contributed by atoms with Gasteiger partial charge in [-0.05, 0) is 42.7 Å². The number of aryl methyl sites for hydroxylation is 1. The van der Waals surface area contributed by atoms with Crippen molar-refractivity contribution in [3.8, 4) is 11.1 Å². The van der Waals surface area contributed by atoms with Crippen LogP contribution in [0, 0.1) is 0 Å². The van der Waals surface area contributed by atoms with Crippen LogP contribution in [0.4, 0.5) is 5.69 Å². The molecule has 5 rings (SSSR count). The summed E-state index contributed by atoms with van der Waals surface area (Å²) in [6, 6.07) is 10.8. The topological polar surface area (TPSA) is 75.9 Å². The molecule has 1 saturated heterocycles. The van der Waals surface area contributed by atoms with Crippen LogP contribution in [0.5, 0.6) is 0 Å². The van der Waals surface area contributed by atoms with Crippen LogP contribution in [0.25, 0.3) is 33.1 Å². The quantitative estimate of drug-likeness (QED) is 0.569. The molecule has 2 aromatic heterocycles. The van der Waals surface area contributed by atoms with E-state index in [9.17, 15) is 4.79 Å². The van der Waals surface area contributed by atoms with Gasteiger partial charge in [-0.15, -0.1) is 0 Å². The Bertz CT molecular complexity index is 1240. The van der Waals surface area contributed by atoms with Crippen molar-refractivity contribution in [2.75, 3.05) is 18.4 Å². The van der Waals surface area contributed by atoms with E-state index in [1.54, 1.807) is 19.3 Å². The summed E-state index contributed by atoms with van der Waals surface area (Å²) in [6.45, 7) is 3.23. The molecule has 3 heterocycles. The van der Waals surface area contributed by atoms with Crippen LogP contribution in [0.3, 0.4) is 0 Å². The predicted octanol–water partition coefficient (Wildman–Crippen LogP) is 3.61. The van der Waals surface area contributed by atoms with Gasteiger partial charge < -0.3 is 10.2 Å². The molecule has 152 valence electrons. The zero-order valence-corrected chi connectivity index (χ0v) is 17.2. The molecule has 4 aromatic rings. The molecule has 0 radical (unpaired) electrons. The standard InChI is InChI=1S/C23H24N6O/c1-15(30)29-9-5-18(6-10-29)26-19-12-20(23-22(13-19)24-7-8-25-23)16-3-4-21-17(11-16)14-28(2)27-21/h3-4,7-8,11-14,18,26H,5-6,9-10H2,1-2H3. The molecule has 0 saturated carbocycles. The fourth-order valence-corrected chi connectivity index (χ4v) is 4.27. The van der Waals surface area contributed by atoms with Gasteiger partial charge in [-0.25, -0.2) is 0 Å². The molecule has 0 aliphatic carbocycles. The number of carbonyl (C=O) groups is 1. The van der Waals surface area contributed by atoms with Gasteiger partial charge in [0.15, 0.2) is 0 Å². The highest BCUT2D eigenvalue weighted by Gasteiger charge is 2.21. The molecule has 7 nitrogen and oxygen atoms in total. The van der Waals surface area contributed by atoms with E-state index in [4.69, 9.17) is 0 Å². The summed E-state index contributed by atoms with van der Waals surface area (Å²) >= 11 is 0. The van der Waals surface area contributed by atoms with Crippen molar-refractivity contribution < 1.29 is 4.79 Å². The van der Waals surface area contributed by atoms with Crippen molar-refractivity contribution in [2.45, 2.75) is 25.8 Å². The Morgan fingerprint density at radius 2 is 1.87 bits per heavy atom. The number of nitrogens with one attached hydrogen (secondary N) is 1. The fourth-order valence-electron chi connectivity index (χ4n) is 4.27. The van der Waals surface area contributed by atoms with E-state index in [2.05, 4.69) is 44.6 Å². The predicted molar refractivity (Wildman–Crippen MR) is 118 cm³/mol. The molecule has 30 heavy (non-hydrogen) atoms. The highest BCUT2D eigenvalue weighted by atomic mass is 16.2. The Morgan fingerprint density at radius 1 is 1.07 bits per heavy atom. The number of piperidine rings is 1. The SMILES string of the molecule is CC(=O)N1CCC(Nc2cc(-c3ccc4nn(C)cc4c3)c3nccnc3c2)CC1. The average Bonchev–Trinajstić information content (AvgIpc) is 3.12. The Hall–Kier alpha value is -3.48. The Morgan fingerprint density at radius 3 is 2.67 bits per heavy atom. The number of rotatable bonds is 3. The number of fused-ring (bicyclic) bond motifs is 2. The number of amides is 1. The zero-order valence-electron chi connectivity index (χ0n) is 17.2. The average molecular weight is 400 g/mol. The lowest BCUT2D eigenvalue weighted by Crippen LogP contribution is -2.41. The van der Waals surface area contributed by atoms with Crippen LogP contribution in [0.15, 0.2) is 48.9 Å². The molecule has 7 heteroatoms. The summed E-state index contributed by atoms with van der Waals surface area (Å²) in [5, 5.41) is 9.23. The summed E-state index contributed by atoms with van der Waals surface area (Å²) in [5.41, 5.74) is 5.91. The number of hydrogen-bond acceptors (Lipinski definition) is 5. The molecule has 1 aliphatic heterocycles. The zero-order chi connectivity index (χ0) is 20.7. The first-order valence-electron chi connectivity index (χ1n) is 10.3. The van der Waals surface area contributed by atoms with Gasteiger partial charge in [-0.2, -0.15) is 5.10 Å². The minimum absolute atomic E-state index is 0.155. The van der Waals surface area contributed by atoms with E-state index in [1.807, 2.05) is 28.9 Å². The van der Waals surface area contributed by atoms with Crippen molar-refractivity contribution in [3.05, 3.63) is 48.9 Å². The largest absolute Gasteiger partial charge is 0.382 e. The molecular formula is C23H24N6O. The van der Waals surface area contributed by atoms with Crippen LogP contribution >= 0.6 is 0 Å². The van der Waals surface area contributed by atoms with Crippen molar-refractivity contribution in [2.24, 2.45) is 7.05 Å². The lowest BCUT2D eigenvalue weighted by atomic mass is 10.00. The molecule has 1 N–H and O–H groups in total. The van der Waals surface area contributed by atoms with Crippen molar-refractivity contribution in [1.29, 1.82) is 0 Å². The first-order chi connectivity index (χ1) is 14.6. The monoisotopic (exact) mass is 400 g/mol. The lowest BCUT2D eigenvalue weighted by Gasteiger charge is -2.32. The molecule has 1 amide bonds. The molecule has 1 fully saturated rings. The molecule has 0 spiro atoms. The second-order valence-electron chi connectivity index (χ2n) is 7.95. The summed E-state index contributed by atoms with van der Waals surface area (Å²) < 4.78 is 1.83. The Kier molecular flexibility index (Phi) is 4.58. The van der Waals surface area contributed by atoms with E-state index in [0.717, 1.165) is 64.7 Å². The van der Waals surface area contributed by atoms with E-state index >= 15 is 0 Å². The van der Waals surface area contributed by atoms with E-state index in [-0.39, 0.29) is 5.91 Å². The molecule has 0 bridgehead atoms. The number of carbonyl (C=O) groups excluding carboxylic acids is 1. The van der Waals surface area contributed by atoms with Crippen LogP contribution in [0.1, 0.15) is 19.8 Å². The highest BCUT2D eigenvalue weighted by Crippen LogP contribution is 2.32. The number of anilines is 1. The molecule has 0 unspecified atom stereocenters. The summed E-state index contributed by atoms with van der Waals surface area (Å²) in [7, 11) is 1.93. The normalized spacial score (nSPS) is 15.1. The van der Waals surface area contributed by atoms with Gasteiger partial charge in [0.1, 0.15) is 0 Å². The maximum absolute atomic E-state index is 11.6. The van der Waals surface area contributed by atoms with Crippen LogP contribution in [-0.4, -0.2) is 49.7 Å². The molecule has 0 atom stereocenters. The first-order valence-corrected chi connectivity index (χ1v) is 10.3. The van der Waals surface area contributed by atoms with Crippen LogP contribution in [-0.2, 0) is 11.8 Å². The summed E-state index contributed by atoms with van der Waals surface area (Å²) in [4.78, 5) is 22.7. The minimum Gasteiger partial charge on any atom is -0.382 e. The maximum Gasteiger partial charge on any atom is 0.219 e. The van der Waals surface area contributed by atoms with E-state index < -0.39 is 0 Å². The van der Waals surface area contributed by atoms with Crippen molar-refractivity contribution in [3.63, 3.8) is 0 Å². The van der Waals surface area contributed by atoms with E-state index in [0.29, 0.717) is 6.04 Å². The second-order valence-corrected chi connectivity index (χ2v) is 7.95. The highest BCUT2D eigenvalue weighted by molar-refractivity contribution is 5.96. The van der Waals surface area contributed by atoms with E-state index in [1.165, 1.54) is 0 Å². The molecule has 1 aliphatic rings. The van der Waals surface area contributed by atoms with Crippen molar-refractivity contribution >= 4 is 33.5 Å². The fraction of sp³-hybridized carbons (Fsp3) is 0.304. The number of likely N-dealkylation sites (tertiary alicyclic amines) is 1. The van der Waals surface area contributed by atoms with Crippen LogP contribution < -0.4 is 5.32 Å². The number of benzene rings is 2. The lowest BCUT2D eigenvalue weighted by molar-refractivity contribution is -0.129. The van der Waals surface area contributed by atoms with Crippen LogP contribution in [0.2, 0.25) is 0 Å². The number of nitrogens with zero attached hydrogens (tertiary/aromatic N) is 5. The van der Waals surface area contributed by atoms with Gasteiger partial charge in [0.05, 0.1) is 16.6 Å². The smallest absolute Gasteiger partial charge is 0.219 e. The maximum atomic E-state index is 11.6. The Labute approximate surface area is 174 Å². The second kappa shape index (κ2) is 7.40. The van der Waals surface area contributed by atoms with Gasteiger partial charge in [-0.3, -0.25) is 19.4 Å². The number of aromatic nitrogens is 4. The molecule has 2 aromatic carbocycles. The Balaban J connectivity index is 1.50. The van der Waals surface area contributed by atoms with Gasteiger partial charge in [-0.1, -0.05) is 6.07 Å². The third kappa shape index (κ3) is 3.47. The van der Waals surface area contributed by atoms with Gasteiger partial charge in [0, 0.05) is 68.3 Å².